The summed E-state index contributed by atoms with van der Waals surface area (Å²) in [6.07, 6.45) is 3.04. The zero-order valence-corrected chi connectivity index (χ0v) is 9.82. The number of amides is 1. The number of carbonyl (C=O) groups is 1. The number of carbonyl (C=O) groups excluding carboxylic acids is 1. The number of aromatic nitrogens is 5. The minimum Gasteiger partial charge on any atom is -0.289 e. The van der Waals surface area contributed by atoms with Gasteiger partial charge in [-0.1, -0.05) is 18.2 Å². The third-order valence-electron chi connectivity index (χ3n) is 2.49. The Kier molecular flexibility index (Phi) is 2.77. The third kappa shape index (κ3) is 2.34. The second kappa shape index (κ2) is 4.73. The van der Waals surface area contributed by atoms with Crippen molar-refractivity contribution in [1.82, 2.24) is 25.0 Å². The summed E-state index contributed by atoms with van der Waals surface area (Å²) in [7, 11) is 0. The second-order valence-electron chi connectivity index (χ2n) is 3.77. The van der Waals surface area contributed by atoms with Crippen LogP contribution in [0.3, 0.4) is 0 Å². The highest BCUT2D eigenvalue weighted by Gasteiger charge is 2.11. The largest absolute Gasteiger partial charge is 0.289 e. The van der Waals surface area contributed by atoms with Crippen molar-refractivity contribution in [3.8, 4) is 5.69 Å². The summed E-state index contributed by atoms with van der Waals surface area (Å²) >= 11 is 0. The Morgan fingerprint density at radius 3 is 2.79 bits per heavy atom. The van der Waals surface area contributed by atoms with Crippen LogP contribution >= 0.6 is 0 Å². The van der Waals surface area contributed by atoms with Crippen LogP contribution in [-0.2, 0) is 0 Å². The number of H-pyrrole nitrogens is 1. The molecule has 0 atom stereocenters. The molecule has 3 rings (SSSR count). The summed E-state index contributed by atoms with van der Waals surface area (Å²) in [6, 6.07) is 11.2. The normalized spacial score (nSPS) is 10.3. The molecule has 94 valence electrons. The molecule has 2 heterocycles. The van der Waals surface area contributed by atoms with Crippen molar-refractivity contribution in [2.75, 3.05) is 5.32 Å². The van der Waals surface area contributed by atoms with E-state index in [0.717, 1.165) is 5.69 Å². The summed E-state index contributed by atoms with van der Waals surface area (Å²) in [5.41, 5.74) is 1.20. The zero-order valence-electron chi connectivity index (χ0n) is 9.82. The number of nitrogens with one attached hydrogen (secondary N) is 2. The smallest absolute Gasteiger partial charge is 0.278 e. The van der Waals surface area contributed by atoms with Gasteiger partial charge in [0.25, 0.3) is 5.91 Å². The lowest BCUT2D eigenvalue weighted by molar-refractivity contribution is 0.102. The van der Waals surface area contributed by atoms with Crippen LogP contribution in [-0.4, -0.2) is 30.9 Å². The lowest BCUT2D eigenvalue weighted by atomic mass is 10.3. The second-order valence-corrected chi connectivity index (χ2v) is 3.77. The first kappa shape index (κ1) is 11.1. The molecule has 0 fully saturated rings. The van der Waals surface area contributed by atoms with E-state index in [4.69, 9.17) is 0 Å². The van der Waals surface area contributed by atoms with Gasteiger partial charge < -0.3 is 0 Å². The quantitative estimate of drug-likeness (QED) is 0.736. The van der Waals surface area contributed by atoms with Crippen molar-refractivity contribution in [2.45, 2.75) is 0 Å². The summed E-state index contributed by atoms with van der Waals surface area (Å²) in [5.74, 6) is -0.0503. The van der Waals surface area contributed by atoms with E-state index >= 15 is 0 Å². The zero-order chi connectivity index (χ0) is 13.1. The van der Waals surface area contributed by atoms with Gasteiger partial charge in [-0.25, -0.2) is 9.78 Å². The number of aromatic amines is 1. The highest BCUT2D eigenvalue weighted by atomic mass is 16.2. The molecule has 0 spiro atoms. The molecule has 0 aliphatic carbocycles. The number of para-hydroxylation sites is 1. The molecule has 0 saturated heterocycles. The molecule has 19 heavy (non-hydrogen) atoms. The molecular formula is C12H10N6O. The standard InChI is InChI=1S/C12H10N6O/c19-11(15-12-13-8-14-16-12)10-6-7-18(17-10)9-4-2-1-3-5-9/h1-8H,(H2,13,14,15,16,19). The molecule has 7 heteroatoms. The topological polar surface area (TPSA) is 88.5 Å². The molecule has 1 aromatic carbocycles. The predicted octanol–water partition coefficient (Wildman–Crippen LogP) is 1.24. The van der Waals surface area contributed by atoms with Crippen LogP contribution in [0.1, 0.15) is 10.5 Å². The van der Waals surface area contributed by atoms with Crippen molar-refractivity contribution in [1.29, 1.82) is 0 Å². The Labute approximate surface area is 108 Å². The van der Waals surface area contributed by atoms with Crippen LogP contribution in [0.25, 0.3) is 5.69 Å². The SMILES string of the molecule is O=C(Nc1ncn[nH]1)c1ccn(-c2ccccc2)n1. The van der Waals surface area contributed by atoms with Gasteiger partial charge in [0.1, 0.15) is 6.33 Å². The number of benzene rings is 1. The molecule has 7 nitrogen and oxygen atoms in total. The Hall–Kier alpha value is -2.96. The number of rotatable bonds is 3. The van der Waals surface area contributed by atoms with Gasteiger partial charge in [-0.05, 0) is 18.2 Å². The Morgan fingerprint density at radius 1 is 1.21 bits per heavy atom. The molecule has 0 bridgehead atoms. The highest BCUT2D eigenvalue weighted by Crippen LogP contribution is 2.07. The average Bonchev–Trinajstić information content (AvgIpc) is 3.10. The summed E-state index contributed by atoms with van der Waals surface area (Å²) in [5, 5.41) is 13.0. The fourth-order valence-electron chi connectivity index (χ4n) is 1.61. The van der Waals surface area contributed by atoms with Gasteiger partial charge in [-0.2, -0.15) is 15.2 Å². The summed E-state index contributed by atoms with van der Waals surface area (Å²) < 4.78 is 1.63. The van der Waals surface area contributed by atoms with E-state index in [1.165, 1.54) is 6.33 Å². The Balaban J connectivity index is 1.80. The van der Waals surface area contributed by atoms with Crippen molar-refractivity contribution >= 4 is 11.9 Å². The molecule has 3 aromatic rings. The monoisotopic (exact) mass is 254 g/mol. The molecule has 2 aromatic heterocycles. The minimum absolute atomic E-state index is 0.291. The van der Waals surface area contributed by atoms with Crippen LogP contribution < -0.4 is 5.32 Å². The van der Waals surface area contributed by atoms with Crippen LogP contribution in [0.5, 0.6) is 0 Å². The highest BCUT2D eigenvalue weighted by molar-refractivity contribution is 6.01. The van der Waals surface area contributed by atoms with Crippen LogP contribution in [0.4, 0.5) is 5.95 Å². The van der Waals surface area contributed by atoms with E-state index in [9.17, 15) is 4.79 Å². The average molecular weight is 254 g/mol. The maximum atomic E-state index is 11.9. The third-order valence-corrected chi connectivity index (χ3v) is 2.49. The number of anilines is 1. The van der Waals surface area contributed by atoms with Gasteiger partial charge in [0.15, 0.2) is 5.69 Å². The lowest BCUT2D eigenvalue weighted by Gasteiger charge is -2.00. The lowest BCUT2D eigenvalue weighted by Crippen LogP contribution is -2.14. The van der Waals surface area contributed by atoms with Crippen molar-refractivity contribution in [3.05, 3.63) is 54.6 Å². The maximum Gasteiger partial charge on any atom is 0.278 e. The van der Waals surface area contributed by atoms with E-state index in [1.807, 2.05) is 30.3 Å². The van der Waals surface area contributed by atoms with E-state index < -0.39 is 0 Å². The van der Waals surface area contributed by atoms with E-state index in [-0.39, 0.29) is 5.91 Å². The van der Waals surface area contributed by atoms with Crippen LogP contribution in [0.2, 0.25) is 0 Å². The van der Waals surface area contributed by atoms with Crippen LogP contribution in [0.15, 0.2) is 48.9 Å². The van der Waals surface area contributed by atoms with E-state index in [2.05, 4.69) is 25.6 Å². The first-order valence-electron chi connectivity index (χ1n) is 5.61. The van der Waals surface area contributed by atoms with Gasteiger partial charge in [0, 0.05) is 6.20 Å². The van der Waals surface area contributed by atoms with Gasteiger partial charge in [-0.15, -0.1) is 0 Å². The number of hydrogen-bond acceptors (Lipinski definition) is 4. The maximum absolute atomic E-state index is 11.9. The first-order chi connectivity index (χ1) is 9.33. The molecular weight excluding hydrogens is 244 g/mol. The Bertz CT molecular complexity index is 673. The fraction of sp³-hybridized carbons (Fsp3) is 0. The molecule has 0 saturated carbocycles. The summed E-state index contributed by atoms with van der Waals surface area (Å²) in [6.45, 7) is 0. The number of hydrogen-bond donors (Lipinski definition) is 2. The molecule has 1 amide bonds. The molecule has 0 aliphatic rings. The predicted molar refractivity (Wildman–Crippen MR) is 67.9 cm³/mol. The van der Waals surface area contributed by atoms with Gasteiger partial charge >= 0.3 is 0 Å². The van der Waals surface area contributed by atoms with Crippen molar-refractivity contribution in [2.24, 2.45) is 0 Å². The van der Waals surface area contributed by atoms with Crippen LogP contribution in [0, 0.1) is 0 Å². The van der Waals surface area contributed by atoms with Crippen molar-refractivity contribution in [3.63, 3.8) is 0 Å². The van der Waals surface area contributed by atoms with Gasteiger partial charge in [0.2, 0.25) is 5.95 Å². The Morgan fingerprint density at radius 2 is 2.05 bits per heavy atom. The van der Waals surface area contributed by atoms with E-state index in [1.54, 1.807) is 16.9 Å². The molecule has 0 unspecified atom stereocenters. The number of nitrogens with zero attached hydrogens (tertiary/aromatic N) is 4. The molecule has 0 radical (unpaired) electrons. The van der Waals surface area contributed by atoms with Crippen molar-refractivity contribution < 1.29 is 4.79 Å². The molecule has 0 aliphatic heterocycles. The first-order valence-corrected chi connectivity index (χ1v) is 5.61. The molecule has 2 N–H and O–H groups in total. The minimum atomic E-state index is -0.341. The fourth-order valence-corrected chi connectivity index (χ4v) is 1.61. The van der Waals surface area contributed by atoms with Gasteiger partial charge in [-0.3, -0.25) is 10.1 Å². The van der Waals surface area contributed by atoms with Gasteiger partial charge in [0.05, 0.1) is 5.69 Å². The summed E-state index contributed by atoms with van der Waals surface area (Å²) in [4.78, 5) is 15.7. The van der Waals surface area contributed by atoms with E-state index in [0.29, 0.717) is 11.6 Å².